The van der Waals surface area contributed by atoms with Gasteiger partial charge in [0, 0.05) is 113 Å². The third kappa shape index (κ3) is 17.6. The van der Waals surface area contributed by atoms with E-state index < -0.39 is 128 Å². The van der Waals surface area contributed by atoms with Crippen LogP contribution in [0.15, 0.2) is 107 Å². The Balaban J connectivity index is 0.000000171. The second-order valence-electron chi connectivity index (χ2n) is 32.2. The molecule has 12 aromatic rings. The average Bonchev–Trinajstić information content (AvgIpc) is 0.728. The van der Waals surface area contributed by atoms with Gasteiger partial charge in [0.2, 0.25) is 17.7 Å². The summed E-state index contributed by atoms with van der Waals surface area (Å²) in [5.74, 6) is -14.2. The summed E-state index contributed by atoms with van der Waals surface area (Å²) in [5, 5.41) is 28.5. The Morgan fingerprint density at radius 1 is 0.378 bits per heavy atom. The molecule has 0 radical (unpaired) electrons. The Labute approximate surface area is 800 Å². The smallest absolute Gasteiger partial charge is 0.276 e. The highest BCUT2D eigenvalue weighted by molar-refractivity contribution is 6.41. The maximum atomic E-state index is 15.5. The highest BCUT2D eigenvalue weighted by atomic mass is 35.5. The normalized spacial score (nSPS) is 13.4. The van der Waals surface area contributed by atoms with Gasteiger partial charge in [-0.15, -0.1) is 0 Å². The van der Waals surface area contributed by atoms with Gasteiger partial charge < -0.3 is 46.6 Å². The van der Waals surface area contributed by atoms with E-state index in [9.17, 15) is 66.5 Å². The fourth-order valence-corrected chi connectivity index (χ4v) is 18.2. The summed E-state index contributed by atoms with van der Waals surface area (Å²) in [6.07, 6.45) is 8.41. The van der Waals surface area contributed by atoms with Crippen molar-refractivity contribution in [1.82, 2.24) is 58.3 Å². The van der Waals surface area contributed by atoms with Crippen molar-refractivity contribution in [3.63, 3.8) is 0 Å². The van der Waals surface area contributed by atoms with Gasteiger partial charge in [0.05, 0.1) is 132 Å². The van der Waals surface area contributed by atoms with Crippen molar-refractivity contribution < 1.29 is 49.5 Å². The van der Waals surface area contributed by atoms with Crippen molar-refractivity contribution in [1.29, 1.82) is 15.8 Å². The molecule has 15 rings (SSSR count). The molecule has 135 heavy (non-hydrogen) atoms. The van der Waals surface area contributed by atoms with Gasteiger partial charge in [-0.1, -0.05) is 142 Å². The number of halogens is 15. The number of piperazine rings is 3. The maximum absolute atomic E-state index is 15.5. The molecule has 0 unspecified atom stereocenters. The number of benzene rings is 3. The molecule has 12 heterocycles. The van der Waals surface area contributed by atoms with Crippen LogP contribution in [-0.2, 0) is 14.4 Å². The number of nitriles is 3. The van der Waals surface area contributed by atoms with Gasteiger partial charge in [-0.3, -0.25) is 57.4 Å². The number of anilines is 6. The highest BCUT2D eigenvalue weighted by Crippen LogP contribution is 2.49. The molecule has 696 valence electrons. The lowest BCUT2D eigenvalue weighted by atomic mass is 10.0. The Morgan fingerprint density at radius 2 is 0.622 bits per heavy atom. The standard InChI is InChI=1S/C31H26Cl3F2N7O2.2C31H26Cl2F3N7O2/c1-5-19(44)41-8-10-42(11-9-41)29-16-12-18(32)27(20-21(33)25(38)24(36)22(34)23(20)35)40-30(16)43(31(45)17(29)13-37)28-15(4)6-7-39-26(28)14(2)3;2*1-5-19(44)41-8-10-42(11-9-41)29-16-12-18(32)27(20-21(33)25(38)24(36)23(35)22(20)34)40-30(16)43(31(45)17(29)13-37)28-15(4)6-7-39-26(28)14(2)3/h3*5-7,12,14H,1,8-11,38H2,2-4H3. The van der Waals surface area contributed by atoms with Crippen LogP contribution in [0.25, 0.3) is 83.9 Å². The van der Waals surface area contributed by atoms with Crippen LogP contribution in [-0.4, -0.2) is 155 Å². The van der Waals surface area contributed by atoms with E-state index in [-0.39, 0.29) is 183 Å². The minimum atomic E-state index is -1.88. The SMILES string of the molecule is C=CC(=O)N1CCN(c2c(C#N)c(=O)n(-c3c(C)ccnc3C(C)C)c3nc(-c4c(F)c(Cl)c(F)c(N)c4Cl)c(Cl)cc23)CC1.C=CC(=O)N1CCN(c2c(C#N)c(=O)n(-c3c(C)ccnc3C(C)C)c3nc(-c4c(F)c(F)c(F)c(N)c4Cl)c(Cl)cc23)CC1.C=CC(=O)N1CCN(c2c(C#N)c(=O)n(-c3c(C)ccnc3C(C)C)c3nc(-c4c(F)c(F)c(F)c(N)c4Cl)c(Cl)cc23)CC1. The number of aromatic nitrogens is 9. The first-order valence-electron chi connectivity index (χ1n) is 41.3. The van der Waals surface area contributed by atoms with Gasteiger partial charge in [-0.2, -0.15) is 15.8 Å². The predicted octanol–water partition coefficient (Wildman–Crippen LogP) is 18.2. The summed E-state index contributed by atoms with van der Waals surface area (Å²) >= 11 is 44.8. The van der Waals surface area contributed by atoms with Crippen LogP contribution in [0.4, 0.5) is 69.2 Å². The molecule has 9 aromatic heterocycles. The Morgan fingerprint density at radius 3 is 0.859 bits per heavy atom. The second-order valence-corrected chi connectivity index (χ2v) is 35.0. The zero-order valence-electron chi connectivity index (χ0n) is 73.2. The predicted molar refractivity (Wildman–Crippen MR) is 507 cm³/mol. The van der Waals surface area contributed by atoms with E-state index in [4.69, 9.17) is 98.4 Å². The summed E-state index contributed by atoms with van der Waals surface area (Å²) in [7, 11) is 0. The molecule has 42 heteroatoms. The number of hydrogen-bond donors (Lipinski definition) is 3. The number of hydrogen-bond acceptors (Lipinski definition) is 21. The van der Waals surface area contributed by atoms with Crippen LogP contribution < -0.4 is 48.6 Å². The number of pyridine rings is 9. The average molecular weight is 1990 g/mol. The molecule has 3 aromatic carbocycles. The first-order chi connectivity index (χ1) is 64.0. The number of nitrogens with two attached hydrogens (primary N) is 3. The van der Waals surface area contributed by atoms with Gasteiger partial charge in [-0.05, 0) is 110 Å². The van der Waals surface area contributed by atoms with Crippen molar-refractivity contribution in [3.05, 3.63) is 256 Å². The van der Waals surface area contributed by atoms with Crippen LogP contribution in [0.5, 0.6) is 0 Å². The number of amides is 3. The molecule has 3 saturated heterocycles. The lowest BCUT2D eigenvalue weighted by Gasteiger charge is -2.36. The quantitative estimate of drug-likeness (QED) is 0.0282. The molecule has 6 N–H and O–H groups in total. The molecule has 0 spiro atoms. The monoisotopic (exact) mass is 1980 g/mol. The molecule has 3 aliphatic heterocycles. The highest BCUT2D eigenvalue weighted by Gasteiger charge is 2.38. The third-order valence-corrected chi connectivity index (χ3v) is 25.6. The van der Waals surface area contributed by atoms with E-state index in [2.05, 4.69) is 55.7 Å². The maximum Gasteiger partial charge on any atom is 0.276 e. The van der Waals surface area contributed by atoms with E-state index in [1.165, 1.54) is 50.1 Å². The third-order valence-electron chi connectivity index (χ3n) is 23.2. The largest absolute Gasteiger partial charge is 0.395 e. The van der Waals surface area contributed by atoms with Crippen LogP contribution in [0.2, 0.25) is 35.2 Å². The van der Waals surface area contributed by atoms with E-state index in [0.717, 1.165) is 0 Å². The molecule has 27 nitrogen and oxygen atoms in total. The second kappa shape index (κ2) is 39.6. The van der Waals surface area contributed by atoms with E-state index in [1.807, 2.05) is 53.7 Å². The van der Waals surface area contributed by atoms with Gasteiger partial charge in [0.25, 0.3) is 16.7 Å². The molecule has 3 amide bonds. The van der Waals surface area contributed by atoms with Crippen LogP contribution >= 0.6 is 81.2 Å². The lowest BCUT2D eigenvalue weighted by molar-refractivity contribution is -0.127. The van der Waals surface area contributed by atoms with Crippen molar-refractivity contribution in [2.45, 2.75) is 80.1 Å². The summed E-state index contributed by atoms with van der Waals surface area (Å²) in [6.45, 7) is 30.4. The number of nitrogens with zero attached hydrogens (tertiary/aromatic N) is 18. The Hall–Kier alpha value is -13.4. The Bertz CT molecular complexity index is 6650. The van der Waals surface area contributed by atoms with E-state index >= 15 is 13.2 Å². The number of nitrogen functional groups attached to an aromatic ring is 3. The van der Waals surface area contributed by atoms with Crippen molar-refractivity contribution in [2.75, 3.05) is 110 Å². The van der Waals surface area contributed by atoms with Gasteiger partial charge in [0.1, 0.15) is 56.9 Å². The van der Waals surface area contributed by atoms with Gasteiger partial charge in [0.15, 0.2) is 46.5 Å². The van der Waals surface area contributed by atoms with Crippen molar-refractivity contribution in [3.8, 4) is 69.0 Å². The van der Waals surface area contributed by atoms with Gasteiger partial charge >= 0.3 is 0 Å². The summed E-state index contributed by atoms with van der Waals surface area (Å²) in [5.41, 5.74) is 14.0. The summed E-state index contributed by atoms with van der Waals surface area (Å²) < 4.78 is 122. The van der Waals surface area contributed by atoms with Crippen LogP contribution in [0.3, 0.4) is 0 Å². The molecule has 0 aliphatic carbocycles. The molecule has 0 atom stereocenters. The van der Waals surface area contributed by atoms with Crippen molar-refractivity contribution >= 4 is 166 Å². The number of carbonyl (C=O) groups excluding carboxylic acids is 3. The lowest BCUT2D eigenvalue weighted by Crippen LogP contribution is -2.49. The fraction of sp³-hybridized carbons (Fsp3) is 0.258. The molecule has 0 saturated carbocycles. The molecular weight excluding hydrogens is 1910 g/mol. The number of fused-ring (bicyclic) bond motifs is 3. The van der Waals surface area contributed by atoms with E-state index in [0.29, 0.717) is 69.3 Å². The summed E-state index contributed by atoms with van der Waals surface area (Å²) in [6, 6.07) is 15.4. The molecule has 0 bridgehead atoms. The first-order valence-corrected chi connectivity index (χ1v) is 43.9. The molecular formula is C93H78Cl7F8N21O6. The minimum Gasteiger partial charge on any atom is -0.395 e. The minimum absolute atomic E-state index is 0.00508. The molecule has 3 aliphatic rings. The fourth-order valence-electron chi connectivity index (χ4n) is 16.5. The number of aryl methyl sites for hydroxylation is 3. The van der Waals surface area contributed by atoms with Crippen molar-refractivity contribution in [2.24, 2.45) is 0 Å². The zero-order chi connectivity index (χ0) is 98.7. The number of carbonyl (C=O) groups is 3. The van der Waals surface area contributed by atoms with Crippen LogP contribution in [0, 0.1) is 101 Å². The molecule has 3 fully saturated rings. The number of rotatable bonds is 15. The van der Waals surface area contributed by atoms with E-state index in [1.54, 1.807) is 87.0 Å². The first kappa shape index (κ1) is 99.0. The van der Waals surface area contributed by atoms with Crippen LogP contribution in [0.1, 0.15) is 110 Å². The summed E-state index contributed by atoms with van der Waals surface area (Å²) in [4.78, 5) is 117. The van der Waals surface area contributed by atoms with Gasteiger partial charge in [-0.25, -0.2) is 50.1 Å². The topological polar surface area (TPSA) is 363 Å². The Kier molecular flexibility index (Phi) is 29.1. The zero-order valence-corrected chi connectivity index (χ0v) is 78.5.